The topological polar surface area (TPSA) is 311 Å². The van der Waals surface area contributed by atoms with Gasteiger partial charge < -0.3 is 57.2 Å². The van der Waals surface area contributed by atoms with E-state index in [-0.39, 0.29) is 64.5 Å². The number of amides is 8. The van der Waals surface area contributed by atoms with Crippen LogP contribution in [-0.2, 0) is 62.4 Å². The molecule has 2 aliphatic heterocycles. The molecule has 0 unspecified atom stereocenters. The van der Waals surface area contributed by atoms with Gasteiger partial charge in [0.2, 0.25) is 47.3 Å². The lowest BCUT2D eigenvalue weighted by molar-refractivity contribution is -0.154. The summed E-state index contributed by atoms with van der Waals surface area (Å²) in [6.07, 6.45) is 5.06. The Morgan fingerprint density at radius 3 is 2.17 bits per heavy atom. The molecule has 5 aromatic rings. The van der Waals surface area contributed by atoms with Crippen LogP contribution in [0.1, 0.15) is 88.5 Å². The van der Waals surface area contributed by atoms with Gasteiger partial charge in [-0.25, -0.2) is 4.98 Å². The van der Waals surface area contributed by atoms with Gasteiger partial charge in [0.05, 0.1) is 12.7 Å². The molecule has 2 aliphatic rings. The number of nitrogens with one attached hydrogen (secondary N) is 7. The summed E-state index contributed by atoms with van der Waals surface area (Å²) in [6.45, 7) is 3.21. The number of rotatable bonds is 15. The van der Waals surface area contributed by atoms with Gasteiger partial charge >= 0.3 is 5.97 Å². The highest BCUT2D eigenvalue weighted by molar-refractivity contribution is 6.00. The number of carboxylic acid groups (broad SMARTS) is 1. The molecule has 7 atom stereocenters. The fourth-order valence-electron chi connectivity index (χ4n) is 10.1. The number of aromatic nitrogens is 3. The Morgan fingerprint density at radius 2 is 1.47 bits per heavy atom. The molecule has 2 aromatic heterocycles. The maximum absolute atomic E-state index is 15.1. The lowest BCUT2D eigenvalue weighted by Gasteiger charge is -2.38. The molecule has 0 aliphatic carbocycles. The number of carbonyl (C=O) groups excluding carboxylic acids is 8. The molecule has 2 saturated heterocycles. The molecular weight excluding hydrogens is 975 g/mol. The molecule has 76 heavy (non-hydrogen) atoms. The molecule has 4 heterocycles. The first-order chi connectivity index (χ1) is 36.6. The molecule has 21 nitrogen and oxygen atoms in total. The van der Waals surface area contributed by atoms with Crippen LogP contribution in [0.2, 0.25) is 0 Å². The quantitative estimate of drug-likeness (QED) is 0.0734. The van der Waals surface area contributed by atoms with Crippen molar-refractivity contribution >= 4 is 64.1 Å². The molecule has 21 heteroatoms. The van der Waals surface area contributed by atoms with Gasteiger partial charge in [-0.2, -0.15) is 0 Å². The monoisotopic (exact) mass is 1040 g/mol. The zero-order chi connectivity index (χ0) is 54.3. The summed E-state index contributed by atoms with van der Waals surface area (Å²) >= 11 is 0. The van der Waals surface area contributed by atoms with Crippen molar-refractivity contribution in [3.63, 3.8) is 0 Å². The highest BCUT2D eigenvalue weighted by Crippen LogP contribution is 2.25. The van der Waals surface area contributed by atoms with E-state index in [1.807, 2.05) is 85.8 Å². The summed E-state index contributed by atoms with van der Waals surface area (Å²) in [5, 5.41) is 25.1. The number of aliphatic carboxylic acids is 1. The van der Waals surface area contributed by atoms with E-state index in [0.717, 1.165) is 32.5 Å². The Balaban J connectivity index is 1.31. The van der Waals surface area contributed by atoms with Crippen LogP contribution in [-0.4, -0.2) is 138 Å². The highest BCUT2D eigenvalue weighted by atomic mass is 16.4. The number of carbonyl (C=O) groups is 9. The minimum absolute atomic E-state index is 0.0215. The van der Waals surface area contributed by atoms with Crippen molar-refractivity contribution < 1.29 is 48.3 Å². The number of nitrogens with zero attached hydrogens (tertiary/aromatic N) is 3. The standard InChI is InChI=1S/C55H67N11O10/c1-3-4-16-41(61-33(2)67)55(76)66-45(49(56)70)18-10-11-24-58-50(71)42(27-37-30-59-40-17-9-8-15-39(37)40)62-52(73)46-19-12-25-65(46)54(75)44(26-34-20-22-36(23-21-34)35-13-6-5-7-14-35)64-51(72)43(28-38-31-57-32-60-38)63-53(74)47(66)29-48(68)69/h5-9,13-15,17,20-23,30-32,41-47,59H,3-4,10-12,16,18-19,24-29H2,1-2H3,(H2,56,70)(H,57,60)(H,58,71)(H,61,67)(H,62,73)(H,63,74)(H,64,72)(H,68,69)/t41-,42-,43-,44+,45-,46-,47-/m0/s1. The lowest BCUT2D eigenvalue weighted by Crippen LogP contribution is -2.64. The molecular formula is C55H67N11O10. The average molecular weight is 1040 g/mol. The number of para-hydroxylation sites is 1. The molecule has 2 fully saturated rings. The molecule has 10 N–H and O–H groups in total. The number of unbranched alkanes of at least 4 members (excludes halogenated alkanes) is 1. The SMILES string of the molecule is CCCC[C@H](NC(C)=O)C(=O)N1[C@H](C(N)=O)CCCCNC(=O)[C@H](Cc2c[nH]c3ccccc23)NC(=O)[C@@H]2CCCN2C(=O)[C@@H](Cc2ccc(-c3ccccc3)cc2)NC(=O)[C@H](Cc2cnc[nH]2)NC(=O)[C@@H]1CC(=O)O. The first kappa shape index (κ1) is 55.4. The molecule has 7 rings (SSSR count). The summed E-state index contributed by atoms with van der Waals surface area (Å²) in [7, 11) is 0. The molecule has 402 valence electrons. The van der Waals surface area contributed by atoms with E-state index in [1.165, 1.54) is 24.3 Å². The number of nitrogens with two attached hydrogens (primary N) is 1. The summed E-state index contributed by atoms with van der Waals surface area (Å²) in [6, 6.07) is 14.5. The first-order valence-electron chi connectivity index (χ1n) is 25.9. The van der Waals surface area contributed by atoms with Crippen molar-refractivity contribution in [2.45, 2.75) is 133 Å². The number of hydrogen-bond acceptors (Lipinski definition) is 10. The van der Waals surface area contributed by atoms with E-state index in [0.29, 0.717) is 30.5 Å². The van der Waals surface area contributed by atoms with Crippen LogP contribution in [0.3, 0.4) is 0 Å². The Morgan fingerprint density at radius 1 is 0.776 bits per heavy atom. The first-order valence-corrected chi connectivity index (χ1v) is 25.9. The number of imidazole rings is 1. The predicted molar refractivity (Wildman–Crippen MR) is 280 cm³/mol. The second kappa shape index (κ2) is 26.2. The highest BCUT2D eigenvalue weighted by Gasteiger charge is 2.44. The molecule has 0 spiro atoms. The van der Waals surface area contributed by atoms with Gasteiger partial charge in [-0.15, -0.1) is 0 Å². The number of hydrogen-bond donors (Lipinski definition) is 9. The van der Waals surface area contributed by atoms with E-state index in [9.17, 15) is 43.5 Å². The van der Waals surface area contributed by atoms with Crippen LogP contribution in [0.15, 0.2) is 97.6 Å². The largest absolute Gasteiger partial charge is 0.481 e. The van der Waals surface area contributed by atoms with E-state index < -0.39 is 102 Å². The smallest absolute Gasteiger partial charge is 0.305 e. The van der Waals surface area contributed by atoms with Crippen molar-refractivity contribution in [2.24, 2.45) is 5.73 Å². The van der Waals surface area contributed by atoms with Crippen LogP contribution in [0.4, 0.5) is 0 Å². The zero-order valence-corrected chi connectivity index (χ0v) is 42.7. The lowest BCUT2D eigenvalue weighted by atomic mass is 9.98. The molecule has 3 aromatic carbocycles. The van der Waals surface area contributed by atoms with Gasteiger partial charge in [0.25, 0.3) is 0 Å². The average Bonchev–Trinajstić information content (AvgIpc) is 4.21. The minimum atomic E-state index is -1.97. The third-order valence-electron chi connectivity index (χ3n) is 13.9. The minimum Gasteiger partial charge on any atom is -0.481 e. The normalized spacial score (nSPS) is 21.8. The van der Waals surface area contributed by atoms with Crippen molar-refractivity contribution in [2.75, 3.05) is 13.1 Å². The number of aromatic amines is 2. The summed E-state index contributed by atoms with van der Waals surface area (Å²) < 4.78 is 0. The Labute approximate surface area is 439 Å². The van der Waals surface area contributed by atoms with Gasteiger partial charge in [0.1, 0.15) is 42.3 Å². The van der Waals surface area contributed by atoms with Crippen LogP contribution < -0.4 is 32.3 Å². The van der Waals surface area contributed by atoms with Crippen molar-refractivity contribution in [3.05, 3.63) is 114 Å². The van der Waals surface area contributed by atoms with E-state index in [2.05, 4.69) is 41.5 Å². The van der Waals surface area contributed by atoms with E-state index in [1.54, 1.807) is 6.20 Å². The summed E-state index contributed by atoms with van der Waals surface area (Å²) in [5.41, 5.74) is 10.5. The van der Waals surface area contributed by atoms with Gasteiger partial charge in [0.15, 0.2) is 0 Å². The third-order valence-corrected chi connectivity index (χ3v) is 13.9. The molecule has 0 saturated carbocycles. The van der Waals surface area contributed by atoms with Crippen molar-refractivity contribution in [1.82, 2.24) is 51.3 Å². The third kappa shape index (κ3) is 14.3. The summed E-state index contributed by atoms with van der Waals surface area (Å²) in [5.74, 6) is -7.93. The Bertz CT molecular complexity index is 2860. The fourth-order valence-corrected chi connectivity index (χ4v) is 10.1. The maximum Gasteiger partial charge on any atom is 0.305 e. The van der Waals surface area contributed by atoms with Gasteiger partial charge in [-0.05, 0) is 66.8 Å². The van der Waals surface area contributed by atoms with Crippen LogP contribution in [0.5, 0.6) is 0 Å². The van der Waals surface area contributed by atoms with E-state index >= 15 is 4.79 Å². The molecule has 8 amide bonds. The number of fused-ring (bicyclic) bond motifs is 2. The molecule has 0 bridgehead atoms. The maximum atomic E-state index is 15.1. The van der Waals surface area contributed by atoms with Crippen LogP contribution in [0.25, 0.3) is 22.0 Å². The zero-order valence-electron chi connectivity index (χ0n) is 42.7. The van der Waals surface area contributed by atoms with Crippen LogP contribution >= 0.6 is 0 Å². The number of benzene rings is 3. The van der Waals surface area contributed by atoms with Gasteiger partial charge in [-0.1, -0.05) is 92.6 Å². The van der Waals surface area contributed by atoms with Crippen molar-refractivity contribution in [1.29, 1.82) is 0 Å². The number of H-pyrrole nitrogens is 2. The Kier molecular flexibility index (Phi) is 19.1. The molecule has 0 radical (unpaired) electrons. The predicted octanol–water partition coefficient (Wildman–Crippen LogP) is 2.55. The fraction of sp³-hybridized carbons (Fsp3) is 0.418. The van der Waals surface area contributed by atoms with Crippen molar-refractivity contribution in [3.8, 4) is 11.1 Å². The second-order valence-corrected chi connectivity index (χ2v) is 19.4. The Hall–Kier alpha value is -8.36. The second-order valence-electron chi connectivity index (χ2n) is 19.4. The number of primary amides is 1. The van der Waals surface area contributed by atoms with Crippen LogP contribution in [0, 0.1) is 0 Å². The van der Waals surface area contributed by atoms with E-state index in [4.69, 9.17) is 5.73 Å². The van der Waals surface area contributed by atoms with Gasteiger partial charge in [-0.3, -0.25) is 43.2 Å². The number of carboxylic acids is 1. The van der Waals surface area contributed by atoms with Gasteiger partial charge in [0, 0.05) is 68.3 Å². The summed E-state index contributed by atoms with van der Waals surface area (Å²) in [4.78, 5) is 140.